The Morgan fingerprint density at radius 1 is 1.35 bits per heavy atom. The largest absolute Gasteiger partial charge is 0.376 e. The highest BCUT2D eigenvalue weighted by molar-refractivity contribution is 7.89. The minimum absolute atomic E-state index is 0.128. The first kappa shape index (κ1) is 16.6. The van der Waals surface area contributed by atoms with E-state index in [0.29, 0.717) is 32.3 Å². The summed E-state index contributed by atoms with van der Waals surface area (Å²) in [6.07, 6.45) is 0.739. The molecule has 1 unspecified atom stereocenters. The maximum atomic E-state index is 12.2. The molecule has 0 aromatic carbocycles. The molecule has 2 aliphatic rings. The van der Waals surface area contributed by atoms with Gasteiger partial charge in [-0.2, -0.15) is 0 Å². The van der Waals surface area contributed by atoms with E-state index in [1.54, 1.807) is 11.2 Å². The molecule has 1 fully saturated rings. The fourth-order valence-corrected chi connectivity index (χ4v) is 4.55. The summed E-state index contributed by atoms with van der Waals surface area (Å²) in [6, 6.07) is 0. The van der Waals surface area contributed by atoms with Crippen molar-refractivity contribution >= 4 is 16.0 Å². The molecule has 2 aliphatic heterocycles. The van der Waals surface area contributed by atoms with Gasteiger partial charge in [-0.1, -0.05) is 0 Å². The summed E-state index contributed by atoms with van der Waals surface area (Å²) in [7, 11) is 0.636. The number of hydrogen-bond acceptors (Lipinski definition) is 6. The smallest absolute Gasteiger partial charge is 0.225 e. The van der Waals surface area contributed by atoms with Crippen molar-refractivity contribution in [2.75, 3.05) is 44.4 Å². The number of aromatic nitrogens is 2. The highest BCUT2D eigenvalue weighted by atomic mass is 32.2. The Labute approximate surface area is 137 Å². The molecule has 3 rings (SSSR count). The lowest BCUT2D eigenvalue weighted by Crippen LogP contribution is -2.42. The first-order chi connectivity index (χ1) is 10.8. The zero-order valence-corrected chi connectivity index (χ0v) is 15.0. The first-order valence-corrected chi connectivity index (χ1v) is 9.51. The van der Waals surface area contributed by atoms with Crippen molar-refractivity contribution in [1.82, 2.24) is 14.3 Å². The maximum Gasteiger partial charge on any atom is 0.225 e. The lowest BCUT2D eigenvalue weighted by atomic mass is 9.80. The number of fused-ring (bicyclic) bond motifs is 2. The van der Waals surface area contributed by atoms with Crippen LogP contribution in [0.15, 0.2) is 0 Å². The molecule has 3 heterocycles. The number of ether oxygens (including phenoxy) is 1. The Kier molecular flexibility index (Phi) is 4.10. The minimum Gasteiger partial charge on any atom is -0.376 e. The third kappa shape index (κ3) is 2.72. The zero-order chi connectivity index (χ0) is 16.8. The third-order valence-electron chi connectivity index (χ3n) is 4.81. The lowest BCUT2D eigenvalue weighted by Gasteiger charge is -2.35. The van der Waals surface area contributed by atoms with Crippen LogP contribution >= 0.6 is 0 Å². The highest BCUT2D eigenvalue weighted by Gasteiger charge is 2.48. The van der Waals surface area contributed by atoms with Crippen molar-refractivity contribution in [3.05, 3.63) is 17.0 Å². The predicted octanol–water partition coefficient (Wildman–Crippen LogP) is 0.674. The third-order valence-corrected chi connectivity index (χ3v) is 6.63. The van der Waals surface area contributed by atoms with Gasteiger partial charge in [-0.25, -0.2) is 22.7 Å². The van der Waals surface area contributed by atoms with E-state index in [4.69, 9.17) is 9.72 Å². The molecule has 1 spiro atoms. The molecule has 1 atom stereocenters. The van der Waals surface area contributed by atoms with Crippen molar-refractivity contribution < 1.29 is 13.2 Å². The van der Waals surface area contributed by atoms with Gasteiger partial charge in [0.15, 0.2) is 0 Å². The molecule has 8 heteroatoms. The second-order valence-corrected chi connectivity index (χ2v) is 8.85. The number of hydrogen-bond donors (Lipinski definition) is 0. The van der Waals surface area contributed by atoms with E-state index in [-0.39, 0.29) is 11.2 Å². The van der Waals surface area contributed by atoms with Crippen LogP contribution in [-0.2, 0) is 26.8 Å². The summed E-state index contributed by atoms with van der Waals surface area (Å²) in [5.74, 6) is 0.794. The van der Waals surface area contributed by atoms with E-state index in [1.165, 1.54) is 0 Å². The Balaban J connectivity index is 2.05. The second-order valence-electron chi connectivity index (χ2n) is 6.59. The molecular weight excluding hydrogens is 316 g/mol. The average molecular weight is 340 g/mol. The van der Waals surface area contributed by atoms with Gasteiger partial charge in [0.25, 0.3) is 0 Å². The standard InChI is InChI=1S/C15H24N4O3S/c1-5-23(20,21)19-7-6-15(9-19)10-22-8-12-11(2)16-14(18(3)4)17-13(12)15/h5-10H2,1-4H3. The molecular formula is C15H24N4O3S. The van der Waals surface area contributed by atoms with Crippen LogP contribution in [0.1, 0.15) is 30.3 Å². The van der Waals surface area contributed by atoms with E-state index in [2.05, 4.69) is 4.98 Å². The van der Waals surface area contributed by atoms with E-state index in [0.717, 1.165) is 23.4 Å². The van der Waals surface area contributed by atoms with Gasteiger partial charge in [0, 0.05) is 38.4 Å². The summed E-state index contributed by atoms with van der Waals surface area (Å²) >= 11 is 0. The normalized spacial score (nSPS) is 24.9. The topological polar surface area (TPSA) is 75.6 Å². The Bertz CT molecular complexity index is 720. The van der Waals surface area contributed by atoms with Crippen LogP contribution in [0.4, 0.5) is 5.95 Å². The molecule has 1 aromatic heterocycles. The van der Waals surface area contributed by atoms with Crippen molar-refractivity contribution in [2.45, 2.75) is 32.3 Å². The van der Waals surface area contributed by atoms with E-state index in [1.807, 2.05) is 25.9 Å². The molecule has 0 saturated carbocycles. The summed E-state index contributed by atoms with van der Waals surface area (Å²) in [5, 5.41) is 0. The lowest BCUT2D eigenvalue weighted by molar-refractivity contribution is 0.0526. The van der Waals surface area contributed by atoms with E-state index >= 15 is 0 Å². The van der Waals surface area contributed by atoms with Gasteiger partial charge < -0.3 is 9.64 Å². The molecule has 7 nitrogen and oxygen atoms in total. The molecule has 0 bridgehead atoms. The van der Waals surface area contributed by atoms with Crippen molar-refractivity contribution in [2.24, 2.45) is 0 Å². The Morgan fingerprint density at radius 2 is 2.09 bits per heavy atom. The first-order valence-electron chi connectivity index (χ1n) is 7.90. The summed E-state index contributed by atoms with van der Waals surface area (Å²) in [5.41, 5.74) is 2.54. The number of rotatable bonds is 3. The second kappa shape index (κ2) is 5.68. The maximum absolute atomic E-state index is 12.2. The van der Waals surface area contributed by atoms with Gasteiger partial charge in [0.1, 0.15) is 0 Å². The molecule has 0 radical (unpaired) electrons. The number of nitrogens with zero attached hydrogens (tertiary/aromatic N) is 4. The Hall–Kier alpha value is -1.25. The average Bonchev–Trinajstić information content (AvgIpc) is 2.94. The Morgan fingerprint density at radius 3 is 2.74 bits per heavy atom. The van der Waals surface area contributed by atoms with Crippen LogP contribution in [0, 0.1) is 6.92 Å². The molecule has 128 valence electrons. The van der Waals surface area contributed by atoms with Crippen LogP contribution in [0.5, 0.6) is 0 Å². The fourth-order valence-electron chi connectivity index (χ4n) is 3.38. The van der Waals surface area contributed by atoms with Gasteiger partial charge >= 0.3 is 0 Å². The number of anilines is 1. The van der Waals surface area contributed by atoms with Crippen LogP contribution in [0.2, 0.25) is 0 Å². The summed E-state index contributed by atoms with van der Waals surface area (Å²) in [6.45, 7) is 5.63. The van der Waals surface area contributed by atoms with E-state index < -0.39 is 10.0 Å². The minimum atomic E-state index is -3.19. The zero-order valence-electron chi connectivity index (χ0n) is 14.2. The molecule has 0 amide bonds. The van der Waals surface area contributed by atoms with E-state index in [9.17, 15) is 8.42 Å². The van der Waals surface area contributed by atoms with Crippen LogP contribution in [0.25, 0.3) is 0 Å². The van der Waals surface area contributed by atoms with Gasteiger partial charge in [0.05, 0.1) is 30.1 Å². The molecule has 0 N–H and O–H groups in total. The number of sulfonamides is 1. The quantitative estimate of drug-likeness (QED) is 0.805. The van der Waals surface area contributed by atoms with Gasteiger partial charge in [-0.05, 0) is 20.3 Å². The van der Waals surface area contributed by atoms with Gasteiger partial charge in [0.2, 0.25) is 16.0 Å². The van der Waals surface area contributed by atoms with Crippen molar-refractivity contribution in [3.8, 4) is 0 Å². The van der Waals surface area contributed by atoms with Crippen LogP contribution in [0.3, 0.4) is 0 Å². The van der Waals surface area contributed by atoms with Crippen molar-refractivity contribution in [3.63, 3.8) is 0 Å². The van der Waals surface area contributed by atoms with Crippen LogP contribution in [-0.4, -0.2) is 62.2 Å². The molecule has 0 aliphatic carbocycles. The van der Waals surface area contributed by atoms with Crippen LogP contribution < -0.4 is 4.90 Å². The van der Waals surface area contributed by atoms with Gasteiger partial charge in [-0.15, -0.1) is 0 Å². The summed E-state index contributed by atoms with van der Waals surface area (Å²) < 4.78 is 31.8. The summed E-state index contributed by atoms with van der Waals surface area (Å²) in [4.78, 5) is 11.2. The van der Waals surface area contributed by atoms with Crippen molar-refractivity contribution in [1.29, 1.82) is 0 Å². The highest BCUT2D eigenvalue weighted by Crippen LogP contribution is 2.41. The monoisotopic (exact) mass is 340 g/mol. The number of aryl methyl sites for hydroxylation is 1. The van der Waals surface area contributed by atoms with Gasteiger partial charge in [-0.3, -0.25) is 0 Å². The predicted molar refractivity (Wildman–Crippen MR) is 88.1 cm³/mol. The molecule has 23 heavy (non-hydrogen) atoms. The molecule has 1 saturated heterocycles. The molecule has 1 aromatic rings. The fraction of sp³-hybridized carbons (Fsp3) is 0.733. The SMILES string of the molecule is CCS(=O)(=O)N1CCC2(COCc3c(C)nc(N(C)C)nc32)C1.